The minimum atomic E-state index is -4.00. The van der Waals surface area contributed by atoms with E-state index >= 15 is 0 Å². The Morgan fingerprint density at radius 2 is 1.91 bits per heavy atom. The molecule has 1 aromatic rings. The summed E-state index contributed by atoms with van der Waals surface area (Å²) in [6.45, 7) is 5.82. The first-order valence-corrected chi connectivity index (χ1v) is 9.26. The lowest BCUT2D eigenvalue weighted by molar-refractivity contribution is 0.101. The minimum Gasteiger partial charge on any atom is -0.391 e. The topological polar surface area (TPSA) is 66.4 Å². The van der Waals surface area contributed by atoms with Gasteiger partial charge in [0.2, 0.25) is 10.0 Å². The molecule has 0 fully saturated rings. The van der Waals surface area contributed by atoms with Crippen molar-refractivity contribution in [3.63, 3.8) is 0 Å². The average Bonchev–Trinajstić information content (AvgIpc) is 2.49. The van der Waals surface area contributed by atoms with Crippen molar-refractivity contribution in [2.24, 2.45) is 5.92 Å². The van der Waals surface area contributed by atoms with Crippen molar-refractivity contribution in [3.8, 4) is 0 Å². The fourth-order valence-corrected chi connectivity index (χ4v) is 3.78. The highest BCUT2D eigenvalue weighted by Gasteiger charge is 2.30. The molecule has 4 nitrogen and oxygen atoms in total. The molecule has 0 heterocycles. The summed E-state index contributed by atoms with van der Waals surface area (Å²) in [7, 11) is -4.00. The smallest absolute Gasteiger partial charge is 0.243 e. The van der Waals surface area contributed by atoms with E-state index in [4.69, 9.17) is 0 Å². The van der Waals surface area contributed by atoms with Crippen LogP contribution in [-0.4, -0.2) is 25.7 Å². The van der Waals surface area contributed by atoms with E-state index in [0.29, 0.717) is 12.8 Å². The quantitative estimate of drug-likeness (QED) is 0.731. The van der Waals surface area contributed by atoms with Crippen LogP contribution in [0.15, 0.2) is 29.2 Å². The fraction of sp³-hybridized carbons (Fsp3) is 0.625. The molecule has 0 aliphatic carbocycles. The Bertz CT molecular complexity index is 562. The van der Waals surface area contributed by atoms with Gasteiger partial charge in [0.15, 0.2) is 0 Å². The van der Waals surface area contributed by atoms with Crippen LogP contribution in [0.1, 0.15) is 46.5 Å². The zero-order chi connectivity index (χ0) is 16.8. The van der Waals surface area contributed by atoms with Gasteiger partial charge in [-0.15, -0.1) is 0 Å². The third-order valence-electron chi connectivity index (χ3n) is 3.94. The average molecular weight is 331 g/mol. The maximum absolute atomic E-state index is 13.7. The normalized spacial score (nSPS) is 16.2. The minimum absolute atomic E-state index is 0.0478. The Labute approximate surface area is 132 Å². The summed E-state index contributed by atoms with van der Waals surface area (Å²) >= 11 is 0. The summed E-state index contributed by atoms with van der Waals surface area (Å²) in [6, 6.07) is 4.63. The third kappa shape index (κ3) is 5.04. The van der Waals surface area contributed by atoms with Gasteiger partial charge in [-0.25, -0.2) is 17.5 Å². The first kappa shape index (κ1) is 19.1. The van der Waals surface area contributed by atoms with E-state index in [1.165, 1.54) is 18.2 Å². The number of nitrogens with one attached hydrogen (secondary N) is 1. The summed E-state index contributed by atoms with van der Waals surface area (Å²) in [6.07, 6.45) is 2.19. The maximum Gasteiger partial charge on any atom is 0.243 e. The van der Waals surface area contributed by atoms with Gasteiger partial charge >= 0.3 is 0 Å². The number of unbranched alkanes of at least 4 members (excludes halogenated alkanes) is 1. The van der Waals surface area contributed by atoms with E-state index < -0.39 is 28.0 Å². The summed E-state index contributed by atoms with van der Waals surface area (Å²) in [5.41, 5.74) is 0. The molecule has 0 bridgehead atoms. The molecule has 3 atom stereocenters. The Morgan fingerprint density at radius 3 is 2.45 bits per heavy atom. The van der Waals surface area contributed by atoms with E-state index in [1.54, 1.807) is 0 Å². The molecule has 0 aliphatic heterocycles. The van der Waals surface area contributed by atoms with Crippen LogP contribution >= 0.6 is 0 Å². The van der Waals surface area contributed by atoms with Crippen LogP contribution in [-0.2, 0) is 10.0 Å². The van der Waals surface area contributed by atoms with Gasteiger partial charge in [-0.3, -0.25) is 0 Å². The molecule has 0 amide bonds. The molecule has 0 saturated carbocycles. The Balaban J connectivity index is 3.00. The maximum atomic E-state index is 13.7. The Morgan fingerprint density at radius 1 is 1.27 bits per heavy atom. The van der Waals surface area contributed by atoms with Crippen molar-refractivity contribution < 1.29 is 17.9 Å². The number of halogens is 1. The van der Waals surface area contributed by atoms with Gasteiger partial charge in [-0.05, 0) is 24.5 Å². The number of hydrogen-bond acceptors (Lipinski definition) is 3. The molecule has 0 radical (unpaired) electrons. The summed E-state index contributed by atoms with van der Waals surface area (Å²) < 4.78 is 41.0. The molecule has 0 aliphatic rings. The van der Waals surface area contributed by atoms with Crippen molar-refractivity contribution in [1.82, 2.24) is 4.72 Å². The van der Waals surface area contributed by atoms with Crippen LogP contribution in [0.4, 0.5) is 4.39 Å². The van der Waals surface area contributed by atoms with Crippen LogP contribution in [0.3, 0.4) is 0 Å². The third-order valence-corrected chi connectivity index (χ3v) is 5.43. The number of aliphatic hydroxyl groups is 1. The van der Waals surface area contributed by atoms with E-state index in [2.05, 4.69) is 4.72 Å². The van der Waals surface area contributed by atoms with Gasteiger partial charge in [0.25, 0.3) is 0 Å². The van der Waals surface area contributed by atoms with Crippen LogP contribution in [0, 0.1) is 11.7 Å². The molecule has 1 aromatic carbocycles. The number of benzene rings is 1. The van der Waals surface area contributed by atoms with Crippen molar-refractivity contribution in [2.75, 3.05) is 0 Å². The lowest BCUT2D eigenvalue weighted by Crippen LogP contribution is -2.47. The molecule has 6 heteroatoms. The zero-order valence-corrected chi connectivity index (χ0v) is 14.2. The van der Waals surface area contributed by atoms with Crippen molar-refractivity contribution in [2.45, 2.75) is 63.5 Å². The highest BCUT2D eigenvalue weighted by atomic mass is 32.2. The zero-order valence-electron chi connectivity index (χ0n) is 13.4. The highest BCUT2D eigenvalue weighted by molar-refractivity contribution is 7.89. The van der Waals surface area contributed by atoms with E-state index in [0.717, 1.165) is 18.9 Å². The van der Waals surface area contributed by atoms with Crippen molar-refractivity contribution in [1.29, 1.82) is 0 Å². The molecule has 22 heavy (non-hydrogen) atoms. The number of rotatable bonds is 9. The molecule has 0 spiro atoms. The van der Waals surface area contributed by atoms with Crippen LogP contribution in [0.5, 0.6) is 0 Å². The van der Waals surface area contributed by atoms with Gasteiger partial charge < -0.3 is 5.11 Å². The second kappa shape index (κ2) is 8.60. The molecule has 1 rings (SSSR count). The molecule has 1 unspecified atom stereocenters. The molecular formula is C16H26FNO3S. The first-order valence-electron chi connectivity index (χ1n) is 7.78. The van der Waals surface area contributed by atoms with Crippen LogP contribution in [0.25, 0.3) is 0 Å². The van der Waals surface area contributed by atoms with E-state index in [1.807, 2.05) is 20.8 Å². The van der Waals surface area contributed by atoms with Gasteiger partial charge in [0.05, 0.1) is 12.1 Å². The van der Waals surface area contributed by atoms with Crippen molar-refractivity contribution in [3.05, 3.63) is 30.1 Å². The van der Waals surface area contributed by atoms with Gasteiger partial charge in [0.1, 0.15) is 10.7 Å². The Hall–Kier alpha value is -0.980. The summed E-state index contributed by atoms with van der Waals surface area (Å²) in [5.74, 6) is -0.839. The predicted octanol–water partition coefficient (Wildman–Crippen LogP) is 3.07. The Kier molecular flexibility index (Phi) is 7.45. The first-order chi connectivity index (χ1) is 10.3. The number of sulfonamides is 1. The lowest BCUT2D eigenvalue weighted by Gasteiger charge is -2.29. The monoisotopic (exact) mass is 331 g/mol. The number of hydrogen-bond donors (Lipinski definition) is 2. The summed E-state index contributed by atoms with van der Waals surface area (Å²) in [4.78, 5) is -0.383. The van der Waals surface area contributed by atoms with Gasteiger partial charge in [-0.1, -0.05) is 52.2 Å². The lowest BCUT2D eigenvalue weighted by atomic mass is 9.92. The largest absolute Gasteiger partial charge is 0.391 e. The standard InChI is InChI=1S/C16H26FNO3S/c1-4-6-10-14(19)16(12(3)5-2)18-22(20,21)15-11-8-7-9-13(15)17/h7-9,11-12,14,16,18-19H,4-6,10H2,1-3H3/t12-,14?,16-/m0/s1. The molecule has 2 N–H and O–H groups in total. The SMILES string of the molecule is CCCCC(O)[C@@H](NS(=O)(=O)c1ccccc1F)[C@@H](C)CC. The number of aliphatic hydroxyl groups excluding tert-OH is 1. The van der Waals surface area contributed by atoms with Crippen molar-refractivity contribution >= 4 is 10.0 Å². The molecule has 0 aromatic heterocycles. The van der Waals surface area contributed by atoms with Gasteiger partial charge in [-0.2, -0.15) is 0 Å². The van der Waals surface area contributed by atoms with Crippen LogP contribution < -0.4 is 4.72 Å². The highest BCUT2D eigenvalue weighted by Crippen LogP contribution is 2.20. The second-order valence-electron chi connectivity index (χ2n) is 5.67. The van der Waals surface area contributed by atoms with E-state index in [-0.39, 0.29) is 10.8 Å². The molecular weight excluding hydrogens is 305 g/mol. The van der Waals surface area contributed by atoms with Gasteiger partial charge in [0, 0.05) is 0 Å². The second-order valence-corrected chi connectivity index (χ2v) is 7.36. The summed E-state index contributed by atoms with van der Waals surface area (Å²) in [5, 5.41) is 10.3. The molecule has 0 saturated heterocycles. The fourth-order valence-electron chi connectivity index (χ4n) is 2.33. The molecule has 126 valence electrons. The van der Waals surface area contributed by atoms with E-state index in [9.17, 15) is 17.9 Å². The van der Waals surface area contributed by atoms with Crippen LogP contribution in [0.2, 0.25) is 0 Å². The predicted molar refractivity (Wildman–Crippen MR) is 85.5 cm³/mol.